The molecule has 1 aromatic heterocycles. The minimum Gasteiger partial charge on any atom is -0.494 e. The Morgan fingerprint density at radius 2 is 2.04 bits per heavy atom. The maximum atomic E-state index is 13.7. The smallest absolute Gasteiger partial charge is 0.206 e. The van der Waals surface area contributed by atoms with Crippen LogP contribution < -0.4 is 10.1 Å². The Bertz CT molecular complexity index is 887. The van der Waals surface area contributed by atoms with Gasteiger partial charge in [0.15, 0.2) is 21.7 Å². The number of aromatic nitrogens is 2. The Morgan fingerprint density at radius 1 is 1.23 bits per heavy atom. The Hall–Kier alpha value is -2.45. The number of thioether (sulfide) groups is 1. The molecule has 0 aliphatic heterocycles. The van der Waals surface area contributed by atoms with Crippen LogP contribution in [0.2, 0.25) is 0 Å². The zero-order chi connectivity index (χ0) is 18.4. The molecule has 134 valence electrons. The van der Waals surface area contributed by atoms with Gasteiger partial charge in [-0.15, -0.1) is 10.2 Å². The SMILES string of the molecule is COc1ccc(C(=O)CNc2nnc(SCc3ccccc3)s2)cc1F. The Labute approximate surface area is 158 Å². The second kappa shape index (κ2) is 8.77. The fourth-order valence-electron chi connectivity index (χ4n) is 2.16. The lowest BCUT2D eigenvalue weighted by molar-refractivity contribution is 0.101. The van der Waals surface area contributed by atoms with Gasteiger partial charge < -0.3 is 10.1 Å². The first-order valence-corrected chi connectivity index (χ1v) is 9.57. The zero-order valence-electron chi connectivity index (χ0n) is 13.9. The average Bonchev–Trinajstić information content (AvgIpc) is 3.13. The lowest BCUT2D eigenvalue weighted by Crippen LogP contribution is -2.14. The molecule has 0 spiro atoms. The molecule has 3 rings (SSSR count). The Balaban J connectivity index is 1.52. The van der Waals surface area contributed by atoms with Gasteiger partial charge in [-0.3, -0.25) is 4.79 Å². The van der Waals surface area contributed by atoms with E-state index in [0.29, 0.717) is 5.13 Å². The van der Waals surface area contributed by atoms with E-state index >= 15 is 0 Å². The van der Waals surface area contributed by atoms with E-state index in [4.69, 9.17) is 4.74 Å². The van der Waals surface area contributed by atoms with Crippen LogP contribution in [-0.4, -0.2) is 29.6 Å². The number of nitrogens with one attached hydrogen (secondary N) is 1. The lowest BCUT2D eigenvalue weighted by Gasteiger charge is -2.05. The number of ether oxygens (including phenoxy) is 1. The topological polar surface area (TPSA) is 64.1 Å². The van der Waals surface area contributed by atoms with Crippen molar-refractivity contribution in [1.82, 2.24) is 10.2 Å². The van der Waals surface area contributed by atoms with Crippen LogP contribution in [-0.2, 0) is 5.75 Å². The zero-order valence-corrected chi connectivity index (χ0v) is 15.6. The lowest BCUT2D eigenvalue weighted by atomic mass is 10.1. The molecule has 0 aliphatic carbocycles. The van der Waals surface area contributed by atoms with Crippen LogP contribution in [0.5, 0.6) is 5.75 Å². The van der Waals surface area contributed by atoms with Crippen LogP contribution in [0.3, 0.4) is 0 Å². The molecule has 0 fully saturated rings. The summed E-state index contributed by atoms with van der Waals surface area (Å²) in [6.45, 7) is 0.0176. The van der Waals surface area contributed by atoms with E-state index in [1.807, 2.05) is 18.2 Å². The summed E-state index contributed by atoms with van der Waals surface area (Å²) in [5.41, 5.74) is 1.48. The van der Waals surface area contributed by atoms with E-state index in [9.17, 15) is 9.18 Å². The van der Waals surface area contributed by atoms with Crippen molar-refractivity contribution in [3.05, 3.63) is 65.5 Å². The summed E-state index contributed by atoms with van der Waals surface area (Å²) in [6.07, 6.45) is 0. The number of hydrogen-bond acceptors (Lipinski definition) is 7. The molecule has 0 bridgehead atoms. The molecule has 0 aliphatic rings. The minimum atomic E-state index is -0.561. The normalized spacial score (nSPS) is 10.5. The summed E-state index contributed by atoms with van der Waals surface area (Å²) in [5, 5.41) is 11.6. The summed E-state index contributed by atoms with van der Waals surface area (Å²) in [5.74, 6) is 0.118. The average molecular weight is 389 g/mol. The van der Waals surface area contributed by atoms with Gasteiger partial charge in [0, 0.05) is 11.3 Å². The van der Waals surface area contributed by atoms with Crippen LogP contribution in [0, 0.1) is 5.82 Å². The fourth-order valence-corrected chi connectivity index (χ4v) is 3.86. The number of nitrogens with zero attached hydrogens (tertiary/aromatic N) is 2. The van der Waals surface area contributed by atoms with Gasteiger partial charge in [-0.05, 0) is 23.8 Å². The molecule has 0 atom stereocenters. The van der Waals surface area contributed by atoms with Crippen molar-refractivity contribution in [2.24, 2.45) is 0 Å². The van der Waals surface area contributed by atoms with Crippen molar-refractivity contribution >= 4 is 34.0 Å². The largest absolute Gasteiger partial charge is 0.494 e. The highest BCUT2D eigenvalue weighted by molar-refractivity contribution is 8.00. The molecule has 1 heterocycles. The van der Waals surface area contributed by atoms with E-state index in [0.717, 1.165) is 10.1 Å². The first-order chi connectivity index (χ1) is 12.7. The van der Waals surface area contributed by atoms with Gasteiger partial charge in [0.1, 0.15) is 0 Å². The maximum absolute atomic E-state index is 13.7. The van der Waals surface area contributed by atoms with Gasteiger partial charge in [0.2, 0.25) is 5.13 Å². The van der Waals surface area contributed by atoms with E-state index < -0.39 is 5.82 Å². The van der Waals surface area contributed by atoms with Gasteiger partial charge in [-0.1, -0.05) is 53.4 Å². The van der Waals surface area contributed by atoms with E-state index in [-0.39, 0.29) is 23.6 Å². The molecular weight excluding hydrogens is 373 g/mol. The van der Waals surface area contributed by atoms with Crippen molar-refractivity contribution in [3.63, 3.8) is 0 Å². The number of ketones is 1. The highest BCUT2D eigenvalue weighted by Crippen LogP contribution is 2.28. The number of carbonyl (C=O) groups excluding carboxylic acids is 1. The standard InChI is InChI=1S/C18H16FN3O2S2/c1-24-16-8-7-13(9-14(16)19)15(23)10-20-17-21-22-18(26-17)25-11-12-5-3-2-4-6-12/h2-9H,10-11H2,1H3,(H,20,21). The molecule has 8 heteroatoms. The number of anilines is 1. The highest BCUT2D eigenvalue weighted by Gasteiger charge is 2.12. The van der Waals surface area contributed by atoms with Gasteiger partial charge in [0.05, 0.1) is 13.7 Å². The molecule has 5 nitrogen and oxygen atoms in total. The minimum absolute atomic E-state index is 0.0176. The summed E-state index contributed by atoms with van der Waals surface area (Å²) in [6, 6.07) is 14.2. The molecular formula is C18H16FN3O2S2. The van der Waals surface area contributed by atoms with Crippen LogP contribution in [0.15, 0.2) is 52.9 Å². The van der Waals surface area contributed by atoms with E-state index in [1.54, 1.807) is 11.8 Å². The third-order valence-corrected chi connectivity index (χ3v) is 5.57. The summed E-state index contributed by atoms with van der Waals surface area (Å²) in [7, 11) is 1.38. The molecule has 0 saturated carbocycles. The number of Topliss-reactive ketones (excluding diaryl/α,β-unsaturated/α-hetero) is 1. The summed E-state index contributed by atoms with van der Waals surface area (Å²) in [4.78, 5) is 12.2. The van der Waals surface area contributed by atoms with Gasteiger partial charge in [0.25, 0.3) is 0 Å². The molecule has 26 heavy (non-hydrogen) atoms. The van der Waals surface area contributed by atoms with Crippen LogP contribution in [0.1, 0.15) is 15.9 Å². The molecule has 2 aromatic carbocycles. The predicted molar refractivity (Wildman–Crippen MR) is 102 cm³/mol. The van der Waals surface area contributed by atoms with Gasteiger partial charge in [-0.2, -0.15) is 0 Å². The van der Waals surface area contributed by atoms with Crippen molar-refractivity contribution in [3.8, 4) is 5.75 Å². The Kier molecular flexibility index (Phi) is 6.19. The third kappa shape index (κ3) is 4.80. The van der Waals surface area contributed by atoms with Crippen molar-refractivity contribution in [2.45, 2.75) is 10.1 Å². The monoisotopic (exact) mass is 389 g/mol. The molecule has 1 N–H and O–H groups in total. The van der Waals surface area contributed by atoms with Crippen molar-refractivity contribution in [1.29, 1.82) is 0 Å². The molecule has 0 unspecified atom stereocenters. The number of benzene rings is 2. The van der Waals surface area contributed by atoms with Crippen molar-refractivity contribution < 1.29 is 13.9 Å². The predicted octanol–water partition coefficient (Wildman–Crippen LogP) is 4.27. The molecule has 3 aromatic rings. The van der Waals surface area contributed by atoms with E-state index in [2.05, 4.69) is 27.6 Å². The molecule has 0 amide bonds. The first-order valence-electron chi connectivity index (χ1n) is 7.76. The molecule has 0 radical (unpaired) electrons. The van der Waals surface area contributed by atoms with Gasteiger partial charge >= 0.3 is 0 Å². The van der Waals surface area contributed by atoms with Crippen LogP contribution in [0.4, 0.5) is 9.52 Å². The fraction of sp³-hybridized carbons (Fsp3) is 0.167. The van der Waals surface area contributed by atoms with Crippen molar-refractivity contribution in [2.75, 3.05) is 19.0 Å². The maximum Gasteiger partial charge on any atom is 0.206 e. The first kappa shape index (κ1) is 18.3. The Morgan fingerprint density at radius 3 is 2.77 bits per heavy atom. The van der Waals surface area contributed by atoms with Crippen LogP contribution in [0.25, 0.3) is 0 Å². The van der Waals surface area contributed by atoms with Crippen LogP contribution >= 0.6 is 23.1 Å². The summed E-state index contributed by atoms with van der Waals surface area (Å²) >= 11 is 2.97. The number of halogens is 1. The number of carbonyl (C=O) groups is 1. The van der Waals surface area contributed by atoms with Gasteiger partial charge in [-0.25, -0.2) is 4.39 Å². The second-order valence-corrected chi connectivity index (χ2v) is 7.47. The highest BCUT2D eigenvalue weighted by atomic mass is 32.2. The second-order valence-electron chi connectivity index (χ2n) is 5.27. The number of hydrogen-bond donors (Lipinski definition) is 1. The molecule has 0 saturated heterocycles. The number of methoxy groups -OCH3 is 1. The number of rotatable bonds is 8. The third-order valence-electron chi connectivity index (χ3n) is 3.49. The quantitative estimate of drug-likeness (QED) is 0.458. The van der Waals surface area contributed by atoms with E-state index in [1.165, 1.54) is 42.2 Å². The summed E-state index contributed by atoms with van der Waals surface area (Å²) < 4.78 is 19.3.